The van der Waals surface area contributed by atoms with Gasteiger partial charge in [0, 0.05) is 31.2 Å². The predicted molar refractivity (Wildman–Crippen MR) is 77.6 cm³/mol. The molecular weight excluding hydrogens is 220 g/mol. The summed E-state index contributed by atoms with van der Waals surface area (Å²) in [5.41, 5.74) is 1.64. The molecule has 1 atom stereocenters. The van der Waals surface area contributed by atoms with Crippen molar-refractivity contribution in [1.82, 2.24) is 10.2 Å². The molecule has 2 nitrogen and oxygen atoms in total. The molecule has 0 bridgehead atoms. The van der Waals surface area contributed by atoms with E-state index in [-0.39, 0.29) is 5.54 Å². The summed E-state index contributed by atoms with van der Waals surface area (Å²) in [4.78, 5) is 2.64. The first-order valence-electron chi connectivity index (χ1n) is 7.01. The van der Waals surface area contributed by atoms with Crippen LogP contribution in [0.4, 0.5) is 0 Å². The average Bonchev–Trinajstić information content (AvgIpc) is 2.28. The van der Waals surface area contributed by atoms with Crippen LogP contribution >= 0.6 is 0 Å². The van der Waals surface area contributed by atoms with Gasteiger partial charge in [0.25, 0.3) is 0 Å². The first-order chi connectivity index (χ1) is 8.48. The van der Waals surface area contributed by atoms with Gasteiger partial charge in [-0.3, -0.25) is 4.90 Å². The van der Waals surface area contributed by atoms with Crippen LogP contribution < -0.4 is 5.32 Å². The third kappa shape index (κ3) is 3.33. The van der Waals surface area contributed by atoms with Crippen molar-refractivity contribution in [3.05, 3.63) is 35.9 Å². The van der Waals surface area contributed by atoms with E-state index < -0.39 is 0 Å². The molecule has 0 spiro atoms. The van der Waals surface area contributed by atoms with E-state index in [9.17, 15) is 0 Å². The average molecular weight is 246 g/mol. The zero-order chi connectivity index (χ0) is 13.2. The lowest BCUT2D eigenvalue weighted by atomic mass is 9.92. The molecule has 1 saturated heterocycles. The molecule has 1 unspecified atom stereocenters. The zero-order valence-corrected chi connectivity index (χ0v) is 12.1. The zero-order valence-electron chi connectivity index (χ0n) is 12.1. The summed E-state index contributed by atoms with van der Waals surface area (Å²) >= 11 is 0. The maximum atomic E-state index is 3.66. The van der Waals surface area contributed by atoms with Gasteiger partial charge >= 0.3 is 0 Å². The number of piperazine rings is 1. The van der Waals surface area contributed by atoms with E-state index in [2.05, 4.69) is 68.2 Å². The minimum absolute atomic E-state index is 0.222. The predicted octanol–water partition coefficient (Wildman–Crippen LogP) is 2.90. The van der Waals surface area contributed by atoms with Gasteiger partial charge in [0.1, 0.15) is 0 Å². The summed E-state index contributed by atoms with van der Waals surface area (Å²) < 4.78 is 0. The van der Waals surface area contributed by atoms with Crippen molar-refractivity contribution in [3.8, 4) is 0 Å². The summed E-state index contributed by atoms with van der Waals surface area (Å²) in [6, 6.07) is 11.4. The fourth-order valence-corrected chi connectivity index (χ4v) is 2.84. The van der Waals surface area contributed by atoms with Gasteiger partial charge in [-0.05, 0) is 25.3 Å². The Balaban J connectivity index is 2.10. The van der Waals surface area contributed by atoms with Crippen LogP contribution in [-0.2, 0) is 6.54 Å². The fraction of sp³-hybridized carbons (Fsp3) is 0.625. The third-order valence-corrected chi connectivity index (χ3v) is 3.86. The molecule has 1 fully saturated rings. The van der Waals surface area contributed by atoms with Crippen LogP contribution in [0.5, 0.6) is 0 Å². The van der Waals surface area contributed by atoms with Crippen LogP contribution in [0.25, 0.3) is 0 Å². The first-order valence-corrected chi connectivity index (χ1v) is 7.01. The lowest BCUT2D eigenvalue weighted by molar-refractivity contribution is 0.0627. The molecular formula is C16H26N2. The smallest absolute Gasteiger partial charge is 0.0253 e. The Labute approximate surface area is 111 Å². The summed E-state index contributed by atoms with van der Waals surface area (Å²) in [7, 11) is 0. The highest BCUT2D eigenvalue weighted by atomic mass is 15.2. The molecule has 2 rings (SSSR count). The number of nitrogens with one attached hydrogen (secondary N) is 1. The number of rotatable bonds is 3. The van der Waals surface area contributed by atoms with Crippen LogP contribution in [0, 0.1) is 5.92 Å². The number of hydrogen-bond acceptors (Lipinski definition) is 2. The lowest BCUT2D eigenvalue weighted by Crippen LogP contribution is -2.62. The largest absolute Gasteiger partial charge is 0.309 e. The molecule has 0 radical (unpaired) electrons. The first kappa shape index (κ1) is 13.6. The van der Waals surface area contributed by atoms with Crippen molar-refractivity contribution >= 4 is 0 Å². The van der Waals surface area contributed by atoms with Crippen molar-refractivity contribution in [1.29, 1.82) is 0 Å². The second kappa shape index (κ2) is 5.41. The molecule has 1 N–H and O–H groups in total. The molecule has 1 aliphatic heterocycles. The molecule has 1 heterocycles. The normalized spacial score (nSPS) is 24.4. The van der Waals surface area contributed by atoms with E-state index in [0.717, 1.165) is 19.6 Å². The summed E-state index contributed by atoms with van der Waals surface area (Å²) in [5, 5.41) is 3.66. The van der Waals surface area contributed by atoms with Crippen LogP contribution in [0.3, 0.4) is 0 Å². The molecule has 0 aromatic heterocycles. The van der Waals surface area contributed by atoms with Crippen LogP contribution in [0.1, 0.15) is 33.3 Å². The molecule has 100 valence electrons. The second-order valence-electron chi connectivity index (χ2n) is 6.47. The summed E-state index contributed by atoms with van der Waals surface area (Å²) in [5.74, 6) is 0.692. The van der Waals surface area contributed by atoms with Gasteiger partial charge < -0.3 is 5.32 Å². The molecule has 0 saturated carbocycles. The highest BCUT2D eigenvalue weighted by Crippen LogP contribution is 2.22. The molecule has 1 aliphatic rings. The summed E-state index contributed by atoms with van der Waals surface area (Å²) in [6.07, 6.45) is 0. The number of hydrogen-bond donors (Lipinski definition) is 1. The van der Waals surface area contributed by atoms with Crippen molar-refractivity contribution in [3.63, 3.8) is 0 Å². The molecule has 0 amide bonds. The minimum atomic E-state index is 0.222. The summed E-state index contributed by atoms with van der Waals surface area (Å²) in [6.45, 7) is 12.5. The Kier molecular flexibility index (Phi) is 4.08. The SMILES string of the molecule is CC(C)C1CNC(C)(C)CN1Cc1ccccc1. The van der Waals surface area contributed by atoms with E-state index in [0.29, 0.717) is 12.0 Å². The van der Waals surface area contributed by atoms with E-state index >= 15 is 0 Å². The van der Waals surface area contributed by atoms with E-state index in [1.807, 2.05) is 0 Å². The highest BCUT2D eigenvalue weighted by molar-refractivity contribution is 5.15. The van der Waals surface area contributed by atoms with Gasteiger partial charge in [0.2, 0.25) is 0 Å². The molecule has 1 aromatic carbocycles. The van der Waals surface area contributed by atoms with E-state index in [1.165, 1.54) is 5.56 Å². The van der Waals surface area contributed by atoms with Gasteiger partial charge in [-0.15, -0.1) is 0 Å². The van der Waals surface area contributed by atoms with Crippen molar-refractivity contribution < 1.29 is 0 Å². The Bertz CT molecular complexity index is 370. The van der Waals surface area contributed by atoms with Crippen molar-refractivity contribution in [2.45, 2.75) is 45.8 Å². The van der Waals surface area contributed by atoms with Gasteiger partial charge in [-0.1, -0.05) is 44.2 Å². The Hall–Kier alpha value is -0.860. The van der Waals surface area contributed by atoms with E-state index in [4.69, 9.17) is 0 Å². The monoisotopic (exact) mass is 246 g/mol. The standard InChI is InChI=1S/C16H26N2/c1-13(2)15-10-17-16(3,4)12-18(15)11-14-8-6-5-7-9-14/h5-9,13,15,17H,10-12H2,1-4H3. The van der Waals surface area contributed by atoms with Crippen molar-refractivity contribution in [2.75, 3.05) is 13.1 Å². The lowest BCUT2D eigenvalue weighted by Gasteiger charge is -2.46. The van der Waals surface area contributed by atoms with Crippen molar-refractivity contribution in [2.24, 2.45) is 5.92 Å². The van der Waals surface area contributed by atoms with Crippen LogP contribution in [-0.4, -0.2) is 29.6 Å². The fourth-order valence-electron chi connectivity index (χ4n) is 2.84. The topological polar surface area (TPSA) is 15.3 Å². The molecule has 18 heavy (non-hydrogen) atoms. The van der Waals surface area contributed by atoms with Gasteiger partial charge in [-0.2, -0.15) is 0 Å². The third-order valence-electron chi connectivity index (χ3n) is 3.86. The number of nitrogens with zero attached hydrogens (tertiary/aromatic N) is 1. The van der Waals surface area contributed by atoms with Crippen LogP contribution in [0.15, 0.2) is 30.3 Å². The van der Waals surface area contributed by atoms with Gasteiger partial charge in [0.05, 0.1) is 0 Å². The molecule has 1 aromatic rings. The maximum absolute atomic E-state index is 3.66. The number of benzene rings is 1. The molecule has 2 heteroatoms. The second-order valence-corrected chi connectivity index (χ2v) is 6.47. The highest BCUT2D eigenvalue weighted by Gasteiger charge is 2.33. The van der Waals surface area contributed by atoms with Crippen LogP contribution in [0.2, 0.25) is 0 Å². The quantitative estimate of drug-likeness (QED) is 0.882. The van der Waals surface area contributed by atoms with E-state index in [1.54, 1.807) is 0 Å². The Morgan fingerprint density at radius 2 is 1.94 bits per heavy atom. The van der Waals surface area contributed by atoms with Gasteiger partial charge in [0.15, 0.2) is 0 Å². The Morgan fingerprint density at radius 3 is 2.56 bits per heavy atom. The minimum Gasteiger partial charge on any atom is -0.309 e. The molecule has 0 aliphatic carbocycles. The Morgan fingerprint density at radius 1 is 1.28 bits per heavy atom. The maximum Gasteiger partial charge on any atom is 0.0253 e. The van der Waals surface area contributed by atoms with Gasteiger partial charge in [-0.25, -0.2) is 0 Å².